The molecule has 4 heterocycles. The van der Waals surface area contributed by atoms with Crippen LogP contribution in [0.5, 0.6) is 0 Å². The third kappa shape index (κ3) is 11.5. The molecule has 2 N–H and O–H groups in total. The van der Waals surface area contributed by atoms with Crippen LogP contribution in [0.25, 0.3) is 0 Å². The molecule has 2 atom stereocenters. The minimum absolute atomic E-state index is 0.0538. The Morgan fingerprint density at radius 2 is 1.51 bits per heavy atom. The molecule has 216 valence electrons. The van der Waals surface area contributed by atoms with E-state index < -0.39 is 24.3 Å². The molecule has 2 aliphatic heterocycles. The van der Waals surface area contributed by atoms with Crippen molar-refractivity contribution >= 4 is 11.9 Å². The number of halogens is 6. The zero-order valence-electron chi connectivity index (χ0n) is 20.5. The number of ether oxygens (including phenoxy) is 2. The number of alkyl halides is 6. The molecular formula is C24H27F6N3O6. The standard InChI is InChI=1S/C20H25N3O2.2C2HF3O2/c1-3-9-21-17(6-1)13-23-11-5-8-20(16-23)12-19(15-25-20)24-14-18-7-2-4-10-22-18;2*3-2(4,5)1(6)7/h1-4,6-7,9-10,19H,5,8,11-16H2;2*(H,6,7)/t19-,20+;;/m1../s1. The molecule has 39 heavy (non-hydrogen) atoms. The molecule has 4 rings (SSSR count). The van der Waals surface area contributed by atoms with E-state index in [1.54, 1.807) is 0 Å². The molecule has 0 bridgehead atoms. The number of nitrogens with zero attached hydrogens (tertiary/aromatic N) is 3. The largest absolute Gasteiger partial charge is 0.490 e. The van der Waals surface area contributed by atoms with Crippen molar-refractivity contribution < 1.29 is 55.6 Å². The first-order valence-electron chi connectivity index (χ1n) is 11.6. The van der Waals surface area contributed by atoms with Crippen molar-refractivity contribution in [3.63, 3.8) is 0 Å². The van der Waals surface area contributed by atoms with Gasteiger partial charge in [-0.05, 0) is 43.7 Å². The van der Waals surface area contributed by atoms with E-state index in [2.05, 4.69) is 27.0 Å². The summed E-state index contributed by atoms with van der Waals surface area (Å²) < 4.78 is 75.8. The smallest absolute Gasteiger partial charge is 0.475 e. The van der Waals surface area contributed by atoms with Gasteiger partial charge in [-0.3, -0.25) is 14.9 Å². The topological polar surface area (TPSA) is 122 Å². The summed E-state index contributed by atoms with van der Waals surface area (Å²) in [5.41, 5.74) is 2.05. The Kier molecular flexibility index (Phi) is 11.6. The lowest BCUT2D eigenvalue weighted by Gasteiger charge is -2.39. The number of pyridine rings is 2. The average molecular weight is 567 g/mol. The molecule has 2 aromatic rings. The Hall–Kier alpha value is -3.30. The second-order valence-corrected chi connectivity index (χ2v) is 8.69. The number of carbonyl (C=O) groups is 2. The summed E-state index contributed by atoms with van der Waals surface area (Å²) in [5.74, 6) is -5.51. The molecule has 0 aliphatic carbocycles. The van der Waals surface area contributed by atoms with E-state index in [9.17, 15) is 26.3 Å². The number of carboxylic acids is 2. The van der Waals surface area contributed by atoms with Crippen LogP contribution in [-0.2, 0) is 32.2 Å². The molecule has 15 heteroatoms. The van der Waals surface area contributed by atoms with Crippen LogP contribution in [-0.4, -0.2) is 80.8 Å². The maximum Gasteiger partial charge on any atom is 0.490 e. The number of hydrogen-bond acceptors (Lipinski definition) is 7. The van der Waals surface area contributed by atoms with Gasteiger partial charge in [0, 0.05) is 31.9 Å². The molecule has 0 unspecified atom stereocenters. The van der Waals surface area contributed by atoms with Crippen molar-refractivity contribution in [1.82, 2.24) is 14.9 Å². The maximum absolute atomic E-state index is 10.6. The van der Waals surface area contributed by atoms with Crippen LogP contribution in [0.3, 0.4) is 0 Å². The lowest BCUT2D eigenvalue weighted by molar-refractivity contribution is -0.193. The van der Waals surface area contributed by atoms with Crippen LogP contribution in [0.2, 0.25) is 0 Å². The lowest BCUT2D eigenvalue weighted by atomic mass is 9.89. The third-order valence-electron chi connectivity index (χ3n) is 5.58. The fourth-order valence-electron chi connectivity index (χ4n) is 3.93. The molecule has 0 radical (unpaired) electrons. The van der Waals surface area contributed by atoms with Crippen LogP contribution in [0, 0.1) is 0 Å². The first kappa shape index (κ1) is 31.9. The van der Waals surface area contributed by atoms with Gasteiger partial charge in [0.1, 0.15) is 0 Å². The van der Waals surface area contributed by atoms with Crippen molar-refractivity contribution in [2.75, 3.05) is 19.7 Å². The molecule has 2 saturated heterocycles. The van der Waals surface area contributed by atoms with Crippen molar-refractivity contribution in [3.8, 4) is 0 Å². The van der Waals surface area contributed by atoms with Gasteiger partial charge in [0.15, 0.2) is 0 Å². The number of aliphatic carboxylic acids is 2. The van der Waals surface area contributed by atoms with Crippen LogP contribution in [0.15, 0.2) is 48.8 Å². The van der Waals surface area contributed by atoms with Gasteiger partial charge < -0.3 is 19.7 Å². The minimum atomic E-state index is -5.08. The molecule has 1 spiro atoms. The quantitative estimate of drug-likeness (QED) is 0.515. The predicted molar refractivity (Wildman–Crippen MR) is 122 cm³/mol. The first-order valence-corrected chi connectivity index (χ1v) is 11.6. The monoisotopic (exact) mass is 567 g/mol. The molecular weight excluding hydrogens is 540 g/mol. The van der Waals surface area contributed by atoms with Crippen LogP contribution < -0.4 is 0 Å². The number of carboxylic acid groups (broad SMARTS) is 2. The van der Waals surface area contributed by atoms with E-state index >= 15 is 0 Å². The normalized spacial score (nSPS) is 21.3. The Morgan fingerprint density at radius 3 is 2.00 bits per heavy atom. The van der Waals surface area contributed by atoms with Gasteiger partial charge in [0.2, 0.25) is 0 Å². The Balaban J connectivity index is 0.000000317. The van der Waals surface area contributed by atoms with E-state index in [4.69, 9.17) is 29.3 Å². The van der Waals surface area contributed by atoms with Gasteiger partial charge in [-0.15, -0.1) is 0 Å². The molecule has 2 aromatic heterocycles. The summed E-state index contributed by atoms with van der Waals surface area (Å²) in [4.78, 5) is 29.0. The highest BCUT2D eigenvalue weighted by Gasteiger charge is 2.44. The summed E-state index contributed by atoms with van der Waals surface area (Å²) in [5, 5.41) is 14.2. The summed E-state index contributed by atoms with van der Waals surface area (Å²) in [6, 6.07) is 12.0. The van der Waals surface area contributed by atoms with Gasteiger partial charge >= 0.3 is 24.3 Å². The van der Waals surface area contributed by atoms with Gasteiger partial charge in [0.05, 0.1) is 36.3 Å². The van der Waals surface area contributed by atoms with Gasteiger partial charge in [-0.25, -0.2) is 9.59 Å². The van der Waals surface area contributed by atoms with Crippen molar-refractivity contribution in [2.24, 2.45) is 0 Å². The Labute approximate surface area is 219 Å². The Bertz CT molecular complexity index is 1020. The number of aromatic nitrogens is 2. The van der Waals surface area contributed by atoms with E-state index in [1.165, 1.54) is 6.42 Å². The van der Waals surface area contributed by atoms with Gasteiger partial charge in [-0.1, -0.05) is 12.1 Å². The highest BCUT2D eigenvalue weighted by molar-refractivity contribution is 5.73. The van der Waals surface area contributed by atoms with Crippen molar-refractivity contribution in [2.45, 2.75) is 56.5 Å². The molecule has 0 saturated carbocycles. The fraction of sp³-hybridized carbons (Fsp3) is 0.500. The lowest BCUT2D eigenvalue weighted by Crippen LogP contribution is -2.47. The van der Waals surface area contributed by atoms with E-state index in [0.717, 1.165) is 43.9 Å². The molecule has 2 fully saturated rings. The van der Waals surface area contributed by atoms with Gasteiger partial charge in [0.25, 0.3) is 0 Å². The fourth-order valence-corrected chi connectivity index (χ4v) is 3.93. The summed E-state index contributed by atoms with van der Waals surface area (Å²) >= 11 is 0. The van der Waals surface area contributed by atoms with Crippen molar-refractivity contribution in [3.05, 3.63) is 60.2 Å². The third-order valence-corrected chi connectivity index (χ3v) is 5.58. The second kappa shape index (κ2) is 14.2. The van der Waals surface area contributed by atoms with Crippen molar-refractivity contribution in [1.29, 1.82) is 0 Å². The summed E-state index contributed by atoms with van der Waals surface area (Å²) in [6.07, 6.45) is -3.07. The highest BCUT2D eigenvalue weighted by atomic mass is 19.4. The van der Waals surface area contributed by atoms with E-state index in [-0.39, 0.29) is 11.7 Å². The molecule has 9 nitrogen and oxygen atoms in total. The number of piperidine rings is 1. The van der Waals surface area contributed by atoms with Crippen LogP contribution in [0.4, 0.5) is 26.3 Å². The van der Waals surface area contributed by atoms with Crippen LogP contribution >= 0.6 is 0 Å². The van der Waals surface area contributed by atoms with E-state index in [0.29, 0.717) is 13.2 Å². The average Bonchev–Trinajstić information content (AvgIpc) is 3.25. The Morgan fingerprint density at radius 1 is 0.974 bits per heavy atom. The number of likely N-dealkylation sites (tertiary alicyclic amines) is 1. The van der Waals surface area contributed by atoms with Crippen LogP contribution in [0.1, 0.15) is 30.7 Å². The summed E-state index contributed by atoms with van der Waals surface area (Å²) in [6.45, 7) is 4.21. The van der Waals surface area contributed by atoms with E-state index in [1.807, 2.05) is 36.7 Å². The molecule has 2 aliphatic rings. The molecule has 0 amide bonds. The minimum Gasteiger partial charge on any atom is -0.475 e. The highest BCUT2D eigenvalue weighted by Crippen LogP contribution is 2.36. The zero-order valence-corrected chi connectivity index (χ0v) is 20.5. The second-order valence-electron chi connectivity index (χ2n) is 8.69. The predicted octanol–water partition coefficient (Wildman–Crippen LogP) is 4.08. The SMILES string of the molecule is O=C(O)C(F)(F)F.O=C(O)C(F)(F)F.c1ccc(CO[C@H]2CO[C@@]3(CCCN(Cc4ccccn4)C3)C2)nc1. The molecule has 0 aromatic carbocycles. The number of rotatable bonds is 5. The maximum atomic E-state index is 10.6. The first-order chi connectivity index (χ1) is 18.2. The number of hydrogen-bond donors (Lipinski definition) is 2. The summed E-state index contributed by atoms with van der Waals surface area (Å²) in [7, 11) is 0. The van der Waals surface area contributed by atoms with Gasteiger partial charge in [-0.2, -0.15) is 26.3 Å². The zero-order chi connectivity index (χ0) is 29.1.